The molecule has 6 heteroatoms. The van der Waals surface area contributed by atoms with E-state index in [1.807, 2.05) is 0 Å². The van der Waals surface area contributed by atoms with Crippen LogP contribution in [0.5, 0.6) is 0 Å². The lowest BCUT2D eigenvalue weighted by Crippen LogP contribution is -2.41. The van der Waals surface area contributed by atoms with Crippen LogP contribution in [0, 0.1) is 5.92 Å². The maximum Gasteiger partial charge on any atom is 0.244 e. The molecule has 17 heavy (non-hydrogen) atoms. The van der Waals surface area contributed by atoms with Crippen molar-refractivity contribution < 1.29 is 8.42 Å². The number of nitrogens with two attached hydrogens (primary N) is 1. The number of hydrogen-bond acceptors (Lipinski definition) is 4. The summed E-state index contributed by atoms with van der Waals surface area (Å²) in [6.07, 6.45) is 4.84. The smallest absolute Gasteiger partial charge is 0.244 e. The van der Waals surface area contributed by atoms with Gasteiger partial charge in [0.25, 0.3) is 0 Å². The van der Waals surface area contributed by atoms with E-state index in [2.05, 4.69) is 4.98 Å². The highest BCUT2D eigenvalue weighted by Crippen LogP contribution is 2.22. The van der Waals surface area contributed by atoms with Crippen LogP contribution in [0.2, 0.25) is 0 Å². The summed E-state index contributed by atoms with van der Waals surface area (Å²) in [5.74, 6) is 0.273. The molecule has 0 unspecified atom stereocenters. The third kappa shape index (κ3) is 2.65. The van der Waals surface area contributed by atoms with Crippen LogP contribution in [0.3, 0.4) is 0 Å². The number of aromatic nitrogens is 1. The highest BCUT2D eigenvalue weighted by atomic mass is 32.2. The highest BCUT2D eigenvalue weighted by Gasteiger charge is 2.29. The van der Waals surface area contributed by atoms with E-state index < -0.39 is 10.0 Å². The van der Waals surface area contributed by atoms with Crippen molar-refractivity contribution in [3.8, 4) is 0 Å². The lowest BCUT2D eigenvalue weighted by molar-refractivity contribution is 0.271. The molecule has 1 saturated heterocycles. The minimum atomic E-state index is -3.39. The van der Waals surface area contributed by atoms with Crippen molar-refractivity contribution in [2.75, 3.05) is 19.6 Å². The highest BCUT2D eigenvalue weighted by molar-refractivity contribution is 7.89. The normalized spacial score (nSPS) is 22.5. The van der Waals surface area contributed by atoms with Crippen LogP contribution in [-0.4, -0.2) is 37.3 Å². The quantitative estimate of drug-likeness (QED) is 0.850. The van der Waals surface area contributed by atoms with Crippen LogP contribution >= 0.6 is 0 Å². The summed E-state index contributed by atoms with van der Waals surface area (Å²) in [5.41, 5.74) is 5.61. The lowest BCUT2D eigenvalue weighted by Gasteiger charge is -2.31. The summed E-state index contributed by atoms with van der Waals surface area (Å²) in [5, 5.41) is 0. The molecule has 1 aliphatic heterocycles. The van der Waals surface area contributed by atoms with Crippen LogP contribution in [-0.2, 0) is 10.0 Å². The van der Waals surface area contributed by atoms with Gasteiger partial charge in [0.1, 0.15) is 4.90 Å². The molecule has 94 valence electrons. The average Bonchev–Trinajstić information content (AvgIpc) is 2.40. The molecule has 1 aromatic rings. The first-order chi connectivity index (χ1) is 8.14. The third-order valence-corrected chi connectivity index (χ3v) is 4.94. The van der Waals surface area contributed by atoms with E-state index in [1.54, 1.807) is 18.3 Å². The standard InChI is InChI=1S/C11H17N3O2S/c12-7-10-3-2-6-14(9-10)17(15,16)11-4-1-5-13-8-11/h1,4-5,8,10H,2-3,6-7,9,12H2/t10-/m1/s1. The second-order valence-electron chi connectivity index (χ2n) is 4.30. The first-order valence-corrected chi connectivity index (χ1v) is 7.19. The number of nitrogens with zero attached hydrogens (tertiary/aromatic N) is 2. The second-order valence-corrected chi connectivity index (χ2v) is 6.23. The fourth-order valence-electron chi connectivity index (χ4n) is 2.09. The van der Waals surface area contributed by atoms with E-state index in [9.17, 15) is 8.42 Å². The zero-order valence-electron chi connectivity index (χ0n) is 9.62. The predicted octanol–water partition coefficient (Wildman–Crippen LogP) is 0.441. The first kappa shape index (κ1) is 12.5. The molecule has 0 radical (unpaired) electrons. The summed E-state index contributed by atoms with van der Waals surface area (Å²) in [6, 6.07) is 3.21. The Morgan fingerprint density at radius 2 is 2.35 bits per heavy atom. The zero-order valence-corrected chi connectivity index (χ0v) is 10.4. The molecule has 0 bridgehead atoms. The molecule has 1 fully saturated rings. The van der Waals surface area contributed by atoms with Gasteiger partial charge in [-0.1, -0.05) is 0 Å². The van der Waals surface area contributed by atoms with Gasteiger partial charge in [-0.15, -0.1) is 0 Å². The molecule has 2 rings (SSSR count). The van der Waals surface area contributed by atoms with Gasteiger partial charge in [-0.3, -0.25) is 4.98 Å². The van der Waals surface area contributed by atoms with Crippen molar-refractivity contribution in [2.24, 2.45) is 11.7 Å². The summed E-state index contributed by atoms with van der Waals surface area (Å²) >= 11 is 0. The minimum Gasteiger partial charge on any atom is -0.330 e. The molecule has 1 atom stereocenters. The maximum absolute atomic E-state index is 12.3. The summed E-state index contributed by atoms with van der Waals surface area (Å²) in [7, 11) is -3.39. The minimum absolute atomic E-state index is 0.262. The molecule has 0 spiro atoms. The monoisotopic (exact) mass is 255 g/mol. The molecule has 0 amide bonds. The molecule has 2 heterocycles. The van der Waals surface area contributed by atoms with E-state index in [1.165, 1.54) is 10.5 Å². The summed E-state index contributed by atoms with van der Waals surface area (Å²) in [6.45, 7) is 1.64. The number of piperidine rings is 1. The van der Waals surface area contributed by atoms with Crippen molar-refractivity contribution >= 4 is 10.0 Å². The summed E-state index contributed by atoms with van der Waals surface area (Å²) < 4.78 is 26.1. The Balaban J connectivity index is 2.21. The average molecular weight is 255 g/mol. The molecule has 0 aromatic carbocycles. The Morgan fingerprint density at radius 1 is 1.53 bits per heavy atom. The van der Waals surface area contributed by atoms with Crippen molar-refractivity contribution in [1.82, 2.24) is 9.29 Å². The largest absolute Gasteiger partial charge is 0.330 e. The number of rotatable bonds is 3. The van der Waals surface area contributed by atoms with Crippen LogP contribution in [0.25, 0.3) is 0 Å². The van der Waals surface area contributed by atoms with Crippen molar-refractivity contribution in [3.05, 3.63) is 24.5 Å². The lowest BCUT2D eigenvalue weighted by atomic mass is 10.0. The Labute approximate surface area is 102 Å². The molecule has 1 aliphatic rings. The predicted molar refractivity (Wildman–Crippen MR) is 64.8 cm³/mol. The van der Waals surface area contributed by atoms with Crippen LogP contribution in [0.1, 0.15) is 12.8 Å². The number of sulfonamides is 1. The van der Waals surface area contributed by atoms with Crippen molar-refractivity contribution in [1.29, 1.82) is 0 Å². The van der Waals surface area contributed by atoms with E-state index in [0.717, 1.165) is 12.8 Å². The van der Waals surface area contributed by atoms with Crippen LogP contribution in [0.4, 0.5) is 0 Å². The molecular weight excluding hydrogens is 238 g/mol. The molecule has 5 nitrogen and oxygen atoms in total. The van der Waals surface area contributed by atoms with Gasteiger partial charge in [0, 0.05) is 25.5 Å². The van der Waals surface area contributed by atoms with Gasteiger partial charge in [-0.2, -0.15) is 4.31 Å². The molecular formula is C11H17N3O2S. The Kier molecular flexibility index (Phi) is 3.76. The zero-order chi connectivity index (χ0) is 12.3. The van der Waals surface area contributed by atoms with Gasteiger partial charge in [0.2, 0.25) is 10.0 Å². The van der Waals surface area contributed by atoms with Crippen molar-refractivity contribution in [2.45, 2.75) is 17.7 Å². The maximum atomic E-state index is 12.3. The van der Waals surface area contributed by atoms with Gasteiger partial charge in [-0.05, 0) is 37.4 Å². The van der Waals surface area contributed by atoms with Gasteiger partial charge in [0.15, 0.2) is 0 Å². The number of pyridine rings is 1. The molecule has 0 aliphatic carbocycles. The second kappa shape index (κ2) is 5.12. The van der Waals surface area contributed by atoms with E-state index in [-0.39, 0.29) is 10.8 Å². The van der Waals surface area contributed by atoms with Crippen LogP contribution < -0.4 is 5.73 Å². The van der Waals surface area contributed by atoms with E-state index in [0.29, 0.717) is 19.6 Å². The van der Waals surface area contributed by atoms with Gasteiger partial charge < -0.3 is 5.73 Å². The molecule has 2 N–H and O–H groups in total. The van der Waals surface area contributed by atoms with Crippen molar-refractivity contribution in [3.63, 3.8) is 0 Å². The topological polar surface area (TPSA) is 76.3 Å². The summed E-state index contributed by atoms with van der Waals surface area (Å²) in [4.78, 5) is 4.12. The fraction of sp³-hybridized carbons (Fsp3) is 0.545. The van der Waals surface area contributed by atoms with Gasteiger partial charge >= 0.3 is 0 Å². The fourth-order valence-corrected chi connectivity index (χ4v) is 3.61. The SMILES string of the molecule is NC[C@H]1CCCN(S(=O)(=O)c2cccnc2)C1. The Hall–Kier alpha value is -0.980. The van der Waals surface area contributed by atoms with Gasteiger partial charge in [0.05, 0.1) is 0 Å². The van der Waals surface area contributed by atoms with E-state index >= 15 is 0 Å². The first-order valence-electron chi connectivity index (χ1n) is 5.75. The Morgan fingerprint density at radius 3 is 3.00 bits per heavy atom. The van der Waals surface area contributed by atoms with Gasteiger partial charge in [-0.25, -0.2) is 8.42 Å². The van der Waals surface area contributed by atoms with Crippen LogP contribution in [0.15, 0.2) is 29.4 Å². The molecule has 1 aromatic heterocycles. The number of hydrogen-bond donors (Lipinski definition) is 1. The Bertz CT molecular complexity index is 461. The van der Waals surface area contributed by atoms with E-state index in [4.69, 9.17) is 5.73 Å². The molecule has 0 saturated carbocycles. The third-order valence-electron chi connectivity index (χ3n) is 3.09.